The van der Waals surface area contributed by atoms with Crippen LogP contribution in [-0.4, -0.2) is 17.9 Å². The van der Waals surface area contributed by atoms with Gasteiger partial charge < -0.3 is 9.47 Å². The molecule has 138 valence electrons. The minimum absolute atomic E-state index is 0.00109. The lowest BCUT2D eigenvalue weighted by atomic mass is 10.1. The van der Waals surface area contributed by atoms with Crippen LogP contribution in [0.5, 0.6) is 5.75 Å². The van der Waals surface area contributed by atoms with Gasteiger partial charge >= 0.3 is 5.97 Å². The largest absolute Gasteiger partial charge is 0.486 e. The maximum absolute atomic E-state index is 14.2. The Balaban J connectivity index is 2.05. The van der Waals surface area contributed by atoms with Gasteiger partial charge in [-0.15, -0.1) is 0 Å². The smallest absolute Gasteiger partial charge is 0.310 e. The van der Waals surface area contributed by atoms with Crippen LogP contribution in [0.1, 0.15) is 47.8 Å². The Morgan fingerprint density at radius 2 is 1.85 bits per heavy atom. The molecule has 0 bridgehead atoms. The second-order valence-electron chi connectivity index (χ2n) is 7.10. The average Bonchev–Trinajstić information content (AvgIpc) is 2.53. The van der Waals surface area contributed by atoms with Crippen molar-refractivity contribution in [1.82, 2.24) is 0 Å². The number of carbonyl (C=O) groups excluding carboxylic acids is 2. The fourth-order valence-electron chi connectivity index (χ4n) is 2.46. The normalized spacial score (nSPS) is 11.1. The van der Waals surface area contributed by atoms with Gasteiger partial charge in [-0.3, -0.25) is 9.59 Å². The molecule has 0 aliphatic heterocycles. The zero-order chi connectivity index (χ0) is 19.3. The van der Waals surface area contributed by atoms with Crippen LogP contribution in [0.15, 0.2) is 36.4 Å². The fraction of sp³-hybridized carbons (Fsp3) is 0.333. The number of benzene rings is 2. The highest BCUT2D eigenvalue weighted by molar-refractivity contribution is 5.78. The number of carbonyl (C=O) groups is 2. The predicted octanol–water partition coefficient (Wildman–Crippen LogP) is 4.41. The SMILES string of the molecule is Cc1ccc(OCc2cccc(CC(=O)OC(C)(C)C)c2)c(F)c1C=O. The Morgan fingerprint density at radius 1 is 1.15 bits per heavy atom. The zero-order valence-corrected chi connectivity index (χ0v) is 15.5. The molecule has 0 radical (unpaired) electrons. The Bertz CT molecular complexity index is 806. The Morgan fingerprint density at radius 3 is 2.50 bits per heavy atom. The number of rotatable bonds is 6. The average molecular weight is 358 g/mol. The fourth-order valence-corrected chi connectivity index (χ4v) is 2.46. The lowest BCUT2D eigenvalue weighted by Gasteiger charge is -2.19. The van der Waals surface area contributed by atoms with Crippen molar-refractivity contribution in [3.05, 3.63) is 64.5 Å². The molecular weight excluding hydrogens is 335 g/mol. The second-order valence-corrected chi connectivity index (χ2v) is 7.10. The summed E-state index contributed by atoms with van der Waals surface area (Å²) in [6.45, 7) is 7.24. The van der Waals surface area contributed by atoms with Crippen LogP contribution in [0.4, 0.5) is 4.39 Å². The second kappa shape index (κ2) is 8.13. The number of hydrogen-bond acceptors (Lipinski definition) is 4. The van der Waals surface area contributed by atoms with Crippen molar-refractivity contribution < 1.29 is 23.5 Å². The molecule has 2 aromatic carbocycles. The summed E-state index contributed by atoms with van der Waals surface area (Å²) in [7, 11) is 0. The molecule has 2 rings (SSSR count). The van der Waals surface area contributed by atoms with E-state index in [0.29, 0.717) is 11.8 Å². The molecule has 5 heteroatoms. The summed E-state index contributed by atoms with van der Waals surface area (Å²) >= 11 is 0. The van der Waals surface area contributed by atoms with Crippen molar-refractivity contribution in [2.75, 3.05) is 0 Å². The van der Waals surface area contributed by atoms with Gasteiger partial charge in [0.1, 0.15) is 12.2 Å². The standard InChI is InChI=1S/C21H23FO4/c1-14-8-9-18(20(22)17(14)12-23)25-13-16-7-5-6-15(10-16)11-19(24)26-21(2,3)4/h5-10,12H,11,13H2,1-4H3. The van der Waals surface area contributed by atoms with Gasteiger partial charge in [0.25, 0.3) is 0 Å². The summed E-state index contributed by atoms with van der Waals surface area (Å²) < 4.78 is 25.0. The van der Waals surface area contributed by atoms with Crippen molar-refractivity contribution in [2.24, 2.45) is 0 Å². The topological polar surface area (TPSA) is 52.6 Å². The minimum atomic E-state index is -0.662. The summed E-state index contributed by atoms with van der Waals surface area (Å²) in [5.74, 6) is -0.948. The number of hydrogen-bond donors (Lipinski definition) is 0. The molecule has 26 heavy (non-hydrogen) atoms. The summed E-state index contributed by atoms with van der Waals surface area (Å²) in [5, 5.41) is 0. The molecule has 0 unspecified atom stereocenters. The molecular formula is C21H23FO4. The van der Waals surface area contributed by atoms with Gasteiger partial charge in [0.05, 0.1) is 12.0 Å². The highest BCUT2D eigenvalue weighted by atomic mass is 19.1. The summed E-state index contributed by atoms with van der Waals surface area (Å²) in [6.07, 6.45) is 0.637. The predicted molar refractivity (Wildman–Crippen MR) is 96.8 cm³/mol. The third-order valence-corrected chi connectivity index (χ3v) is 3.63. The molecule has 0 saturated heterocycles. The summed E-state index contributed by atoms with van der Waals surface area (Å²) in [6, 6.07) is 10.4. The molecule has 0 amide bonds. The van der Waals surface area contributed by atoms with E-state index in [1.54, 1.807) is 19.1 Å². The number of aryl methyl sites for hydroxylation is 1. The van der Waals surface area contributed by atoms with Gasteiger partial charge in [-0.05, 0) is 50.5 Å². The monoisotopic (exact) mass is 358 g/mol. The van der Waals surface area contributed by atoms with Crippen LogP contribution >= 0.6 is 0 Å². The van der Waals surface area contributed by atoms with E-state index in [1.165, 1.54) is 6.07 Å². The third kappa shape index (κ3) is 5.41. The summed E-state index contributed by atoms with van der Waals surface area (Å²) in [4.78, 5) is 22.9. The molecule has 0 heterocycles. The molecule has 4 nitrogen and oxygen atoms in total. The van der Waals surface area contributed by atoms with Crippen molar-refractivity contribution in [1.29, 1.82) is 0 Å². The van der Waals surface area contributed by atoms with Crippen LogP contribution < -0.4 is 4.74 Å². The van der Waals surface area contributed by atoms with Crippen LogP contribution in [0.2, 0.25) is 0 Å². The highest BCUT2D eigenvalue weighted by Gasteiger charge is 2.17. The molecule has 0 aromatic heterocycles. The Kier molecular flexibility index (Phi) is 6.14. The van der Waals surface area contributed by atoms with E-state index in [1.807, 2.05) is 39.0 Å². The van der Waals surface area contributed by atoms with E-state index in [4.69, 9.17) is 9.47 Å². The van der Waals surface area contributed by atoms with E-state index in [2.05, 4.69) is 0 Å². The molecule has 2 aromatic rings. The van der Waals surface area contributed by atoms with E-state index in [-0.39, 0.29) is 30.3 Å². The first-order chi connectivity index (χ1) is 12.2. The van der Waals surface area contributed by atoms with E-state index in [0.717, 1.165) is 11.1 Å². The minimum Gasteiger partial charge on any atom is -0.486 e. The van der Waals surface area contributed by atoms with Gasteiger partial charge in [0.15, 0.2) is 17.9 Å². The van der Waals surface area contributed by atoms with Crippen molar-refractivity contribution in [3.8, 4) is 5.75 Å². The first-order valence-corrected chi connectivity index (χ1v) is 8.36. The number of aldehydes is 1. The number of esters is 1. The molecule has 0 aliphatic carbocycles. The number of ether oxygens (including phenoxy) is 2. The lowest BCUT2D eigenvalue weighted by molar-refractivity contribution is -0.153. The van der Waals surface area contributed by atoms with Crippen LogP contribution in [-0.2, 0) is 22.6 Å². The quantitative estimate of drug-likeness (QED) is 0.567. The van der Waals surface area contributed by atoms with Gasteiger partial charge in [-0.25, -0.2) is 4.39 Å². The molecule has 0 aliphatic rings. The highest BCUT2D eigenvalue weighted by Crippen LogP contribution is 2.23. The van der Waals surface area contributed by atoms with Gasteiger partial charge in [0.2, 0.25) is 0 Å². The van der Waals surface area contributed by atoms with E-state index < -0.39 is 11.4 Å². The van der Waals surface area contributed by atoms with Gasteiger partial charge in [-0.1, -0.05) is 30.3 Å². The van der Waals surface area contributed by atoms with Crippen molar-refractivity contribution >= 4 is 12.3 Å². The van der Waals surface area contributed by atoms with Gasteiger partial charge in [0, 0.05) is 0 Å². The maximum Gasteiger partial charge on any atom is 0.310 e. The first-order valence-electron chi connectivity index (χ1n) is 8.36. The van der Waals surface area contributed by atoms with Gasteiger partial charge in [-0.2, -0.15) is 0 Å². The zero-order valence-electron chi connectivity index (χ0n) is 15.5. The van der Waals surface area contributed by atoms with Crippen LogP contribution in [0, 0.1) is 12.7 Å². The number of halogens is 1. The van der Waals surface area contributed by atoms with Crippen LogP contribution in [0.3, 0.4) is 0 Å². The maximum atomic E-state index is 14.2. The summed E-state index contributed by atoms with van der Waals surface area (Å²) in [5.41, 5.74) is 1.61. The lowest BCUT2D eigenvalue weighted by Crippen LogP contribution is -2.24. The molecule has 0 saturated carbocycles. The van der Waals surface area contributed by atoms with Crippen LogP contribution in [0.25, 0.3) is 0 Å². The van der Waals surface area contributed by atoms with E-state index in [9.17, 15) is 14.0 Å². The van der Waals surface area contributed by atoms with Crippen molar-refractivity contribution in [3.63, 3.8) is 0 Å². The molecule has 0 atom stereocenters. The first kappa shape index (κ1) is 19.6. The molecule has 0 spiro atoms. The Labute approximate surface area is 152 Å². The third-order valence-electron chi connectivity index (χ3n) is 3.63. The van der Waals surface area contributed by atoms with Crippen molar-refractivity contribution in [2.45, 2.75) is 46.3 Å². The Hall–Kier alpha value is -2.69. The molecule has 0 fully saturated rings. The van der Waals surface area contributed by atoms with E-state index >= 15 is 0 Å². The molecule has 0 N–H and O–H groups in total.